The lowest BCUT2D eigenvalue weighted by Gasteiger charge is -2.37. The molecule has 5 rings (SSSR count). The van der Waals surface area contributed by atoms with Crippen LogP contribution in [0.5, 0.6) is 11.5 Å². The zero-order valence-electron chi connectivity index (χ0n) is 18.3. The van der Waals surface area contributed by atoms with Crippen LogP contribution >= 0.6 is 0 Å². The molecule has 0 aliphatic carbocycles. The molecule has 0 bridgehead atoms. The lowest BCUT2D eigenvalue weighted by atomic mass is 9.92. The minimum absolute atomic E-state index is 0.00802. The number of fused-ring (bicyclic) bond motifs is 2. The highest BCUT2D eigenvalue weighted by Crippen LogP contribution is 2.45. The number of benzene rings is 2. The first-order valence-electron chi connectivity index (χ1n) is 10.7. The molecule has 32 heavy (non-hydrogen) atoms. The number of nitro benzene ring substituents is 1. The normalized spacial score (nSPS) is 18.2. The third-order valence-corrected chi connectivity index (χ3v) is 6.60. The standard InChI is InChI=1S/C22H25N5O5/c1-13-15-11-19(31-3)18(30-2)10-14(15)6-9-26(13)16-12-17(25-7-4-5-8-25)22(27(28)29)21-20(16)23-32-24-21/h10-13H,4-9H2,1-3H3. The minimum Gasteiger partial charge on any atom is -0.493 e. The molecular formula is C22H25N5O5. The predicted octanol–water partition coefficient (Wildman–Crippen LogP) is 3.87. The number of nitro groups is 1. The molecule has 10 nitrogen and oxygen atoms in total. The average Bonchev–Trinajstić information content (AvgIpc) is 3.49. The monoisotopic (exact) mass is 439 g/mol. The predicted molar refractivity (Wildman–Crippen MR) is 119 cm³/mol. The molecule has 0 radical (unpaired) electrons. The Hall–Kier alpha value is -3.56. The van der Waals surface area contributed by atoms with Gasteiger partial charge < -0.3 is 19.3 Å². The second-order valence-corrected chi connectivity index (χ2v) is 8.20. The van der Waals surface area contributed by atoms with Crippen molar-refractivity contribution in [3.8, 4) is 11.5 Å². The van der Waals surface area contributed by atoms with Crippen molar-refractivity contribution in [1.29, 1.82) is 0 Å². The molecule has 1 unspecified atom stereocenters. The average molecular weight is 439 g/mol. The summed E-state index contributed by atoms with van der Waals surface area (Å²) in [6.07, 6.45) is 2.82. The van der Waals surface area contributed by atoms with Crippen LogP contribution < -0.4 is 19.3 Å². The molecule has 2 aromatic carbocycles. The Labute approximate surface area is 184 Å². The van der Waals surface area contributed by atoms with Gasteiger partial charge in [0, 0.05) is 19.6 Å². The lowest BCUT2D eigenvalue weighted by molar-refractivity contribution is -0.382. The number of hydrogen-bond donors (Lipinski definition) is 0. The molecule has 2 aliphatic heterocycles. The highest BCUT2D eigenvalue weighted by Gasteiger charge is 2.34. The number of aromatic nitrogens is 2. The largest absolute Gasteiger partial charge is 0.493 e. The summed E-state index contributed by atoms with van der Waals surface area (Å²) in [4.78, 5) is 15.9. The van der Waals surface area contributed by atoms with Gasteiger partial charge in [0.1, 0.15) is 5.69 Å². The zero-order valence-corrected chi connectivity index (χ0v) is 18.3. The highest BCUT2D eigenvalue weighted by molar-refractivity contribution is 6.00. The second-order valence-electron chi connectivity index (χ2n) is 8.20. The Bertz CT molecular complexity index is 1190. The van der Waals surface area contributed by atoms with Crippen molar-refractivity contribution in [3.63, 3.8) is 0 Å². The summed E-state index contributed by atoms with van der Waals surface area (Å²) < 4.78 is 16.0. The summed E-state index contributed by atoms with van der Waals surface area (Å²) in [5.74, 6) is 1.39. The Kier molecular flexibility index (Phi) is 4.99. The van der Waals surface area contributed by atoms with Crippen LogP contribution in [-0.2, 0) is 6.42 Å². The number of ether oxygens (including phenoxy) is 2. The molecule has 10 heteroatoms. The van der Waals surface area contributed by atoms with E-state index >= 15 is 0 Å². The second kappa shape index (κ2) is 7.85. The van der Waals surface area contributed by atoms with Crippen molar-refractivity contribution in [1.82, 2.24) is 10.3 Å². The van der Waals surface area contributed by atoms with E-state index in [2.05, 4.69) is 27.0 Å². The number of methoxy groups -OCH3 is 2. The summed E-state index contributed by atoms with van der Waals surface area (Å²) in [7, 11) is 3.26. The smallest absolute Gasteiger partial charge is 0.323 e. The van der Waals surface area contributed by atoms with Gasteiger partial charge in [-0.3, -0.25) is 10.1 Å². The fourth-order valence-electron chi connectivity index (χ4n) is 4.97. The van der Waals surface area contributed by atoms with Gasteiger partial charge in [-0.25, -0.2) is 4.63 Å². The van der Waals surface area contributed by atoms with E-state index in [1.807, 2.05) is 18.2 Å². The van der Waals surface area contributed by atoms with E-state index in [4.69, 9.17) is 14.1 Å². The molecule has 1 atom stereocenters. The summed E-state index contributed by atoms with van der Waals surface area (Å²) in [5, 5.41) is 20.0. The van der Waals surface area contributed by atoms with E-state index in [0.717, 1.165) is 50.1 Å². The Balaban J connectivity index is 1.65. The lowest BCUT2D eigenvalue weighted by Crippen LogP contribution is -2.34. The molecule has 1 aromatic heterocycles. The van der Waals surface area contributed by atoms with E-state index in [9.17, 15) is 10.1 Å². The summed E-state index contributed by atoms with van der Waals surface area (Å²) in [6.45, 7) is 4.40. The van der Waals surface area contributed by atoms with Crippen LogP contribution in [0.1, 0.15) is 36.9 Å². The van der Waals surface area contributed by atoms with Gasteiger partial charge in [-0.05, 0) is 65.8 Å². The van der Waals surface area contributed by atoms with Crippen molar-refractivity contribution in [3.05, 3.63) is 39.4 Å². The van der Waals surface area contributed by atoms with Gasteiger partial charge in [0.2, 0.25) is 5.52 Å². The quantitative estimate of drug-likeness (QED) is 0.432. The maximum absolute atomic E-state index is 12.0. The van der Waals surface area contributed by atoms with Crippen LogP contribution in [0.25, 0.3) is 11.0 Å². The zero-order chi connectivity index (χ0) is 22.4. The first-order valence-corrected chi connectivity index (χ1v) is 10.7. The number of nitrogens with zero attached hydrogens (tertiary/aromatic N) is 5. The third kappa shape index (κ3) is 3.09. The molecule has 2 aliphatic rings. The van der Waals surface area contributed by atoms with Crippen molar-refractivity contribution in [2.75, 3.05) is 43.7 Å². The van der Waals surface area contributed by atoms with Gasteiger partial charge in [-0.1, -0.05) is 0 Å². The topological polar surface area (TPSA) is 107 Å². The van der Waals surface area contributed by atoms with E-state index in [1.54, 1.807) is 14.2 Å². The molecule has 3 aromatic rings. The Morgan fingerprint density at radius 2 is 1.72 bits per heavy atom. The first kappa shape index (κ1) is 20.3. The van der Waals surface area contributed by atoms with Crippen molar-refractivity contribution in [2.24, 2.45) is 0 Å². The van der Waals surface area contributed by atoms with Gasteiger partial charge in [0.15, 0.2) is 17.0 Å². The summed E-state index contributed by atoms with van der Waals surface area (Å²) in [5.41, 5.74) is 4.26. The van der Waals surface area contributed by atoms with Crippen LogP contribution in [-0.4, -0.2) is 49.1 Å². The Morgan fingerprint density at radius 3 is 2.41 bits per heavy atom. The van der Waals surface area contributed by atoms with Crippen molar-refractivity contribution in [2.45, 2.75) is 32.2 Å². The van der Waals surface area contributed by atoms with Crippen LogP contribution in [0.15, 0.2) is 22.8 Å². The third-order valence-electron chi connectivity index (χ3n) is 6.60. The Morgan fingerprint density at radius 1 is 1.03 bits per heavy atom. The molecule has 0 amide bonds. The molecule has 3 heterocycles. The van der Waals surface area contributed by atoms with Gasteiger partial charge in [-0.2, -0.15) is 0 Å². The van der Waals surface area contributed by atoms with E-state index in [1.165, 1.54) is 5.56 Å². The molecule has 1 saturated heterocycles. The van der Waals surface area contributed by atoms with Crippen LogP contribution in [0.2, 0.25) is 0 Å². The fourth-order valence-corrected chi connectivity index (χ4v) is 4.97. The summed E-state index contributed by atoms with van der Waals surface area (Å²) in [6, 6.07) is 5.92. The molecule has 0 N–H and O–H groups in total. The van der Waals surface area contributed by atoms with E-state index in [0.29, 0.717) is 22.7 Å². The van der Waals surface area contributed by atoms with Crippen LogP contribution in [0.4, 0.5) is 17.1 Å². The molecule has 168 valence electrons. The minimum atomic E-state index is -0.379. The number of hydrogen-bond acceptors (Lipinski definition) is 9. The van der Waals surface area contributed by atoms with E-state index in [-0.39, 0.29) is 22.2 Å². The molecular weight excluding hydrogens is 414 g/mol. The maximum atomic E-state index is 12.0. The van der Waals surface area contributed by atoms with Crippen LogP contribution in [0, 0.1) is 10.1 Å². The van der Waals surface area contributed by atoms with Gasteiger partial charge >= 0.3 is 5.69 Å². The van der Waals surface area contributed by atoms with Crippen molar-refractivity contribution < 1.29 is 19.0 Å². The van der Waals surface area contributed by atoms with E-state index < -0.39 is 0 Å². The molecule has 1 fully saturated rings. The number of rotatable bonds is 5. The number of anilines is 2. The van der Waals surface area contributed by atoms with Gasteiger partial charge in [0.05, 0.1) is 30.9 Å². The molecule has 0 spiro atoms. The first-order chi connectivity index (χ1) is 15.5. The highest BCUT2D eigenvalue weighted by atomic mass is 16.6. The molecule has 0 saturated carbocycles. The maximum Gasteiger partial charge on any atom is 0.323 e. The van der Waals surface area contributed by atoms with Gasteiger partial charge in [0.25, 0.3) is 0 Å². The van der Waals surface area contributed by atoms with Crippen molar-refractivity contribution >= 4 is 28.1 Å². The summed E-state index contributed by atoms with van der Waals surface area (Å²) >= 11 is 0. The fraction of sp³-hybridized carbons (Fsp3) is 0.455. The van der Waals surface area contributed by atoms with Gasteiger partial charge in [-0.15, -0.1) is 0 Å². The van der Waals surface area contributed by atoms with Crippen LogP contribution in [0.3, 0.4) is 0 Å². The SMILES string of the molecule is COc1cc2c(cc1OC)C(C)N(c1cc(N3CCCC3)c([N+](=O)[O-])c3nonc13)CC2.